The lowest BCUT2D eigenvalue weighted by atomic mass is 10.0. The predicted molar refractivity (Wildman–Crippen MR) is 118 cm³/mol. The number of benzene rings is 2. The van der Waals surface area contributed by atoms with Crippen LogP contribution in [0.25, 0.3) is 16.5 Å². The summed E-state index contributed by atoms with van der Waals surface area (Å²) in [6.45, 7) is 2.16. The Morgan fingerprint density at radius 2 is 1.69 bits per heavy atom. The van der Waals surface area contributed by atoms with Crippen LogP contribution in [0.3, 0.4) is 0 Å². The molecule has 0 spiro atoms. The van der Waals surface area contributed by atoms with Gasteiger partial charge in [-0.3, -0.25) is 4.79 Å². The third-order valence-electron chi connectivity index (χ3n) is 5.10. The van der Waals surface area contributed by atoms with E-state index in [-0.39, 0.29) is 11.3 Å². The molecule has 1 aliphatic rings. The van der Waals surface area contributed by atoms with Crippen LogP contribution in [0.2, 0.25) is 0 Å². The number of carbonyl (C=O) groups is 2. The number of carboxylic acids is 1. The van der Waals surface area contributed by atoms with Gasteiger partial charge >= 0.3 is 5.97 Å². The van der Waals surface area contributed by atoms with Gasteiger partial charge in [0.25, 0.3) is 0 Å². The summed E-state index contributed by atoms with van der Waals surface area (Å²) >= 11 is 1.72. The van der Waals surface area contributed by atoms with Crippen LogP contribution in [-0.4, -0.2) is 29.9 Å². The number of rotatable bonds is 6. The summed E-state index contributed by atoms with van der Waals surface area (Å²) in [6, 6.07) is 16.5. The first-order valence-corrected chi connectivity index (χ1v) is 10.5. The zero-order valence-corrected chi connectivity index (χ0v) is 16.7. The van der Waals surface area contributed by atoms with Gasteiger partial charge in [0.05, 0.1) is 5.56 Å². The minimum absolute atomic E-state index is 0.150. The Hall–Kier alpha value is -3.18. The van der Waals surface area contributed by atoms with Crippen molar-refractivity contribution in [3.63, 3.8) is 0 Å². The van der Waals surface area contributed by atoms with Gasteiger partial charge in [-0.25, -0.2) is 4.79 Å². The van der Waals surface area contributed by atoms with Crippen molar-refractivity contribution in [1.82, 2.24) is 0 Å². The first-order chi connectivity index (χ1) is 14.1. The lowest BCUT2D eigenvalue weighted by Gasteiger charge is -2.21. The molecular weight excluding hydrogens is 382 g/mol. The van der Waals surface area contributed by atoms with Gasteiger partial charge in [0, 0.05) is 34.8 Å². The average Bonchev–Trinajstić information content (AvgIpc) is 3.46. The number of ketones is 1. The van der Waals surface area contributed by atoms with E-state index in [1.807, 2.05) is 12.1 Å². The van der Waals surface area contributed by atoms with E-state index in [4.69, 9.17) is 5.11 Å². The van der Waals surface area contributed by atoms with Crippen LogP contribution in [-0.2, 0) is 0 Å². The number of aromatic carboxylic acids is 1. The lowest BCUT2D eigenvalue weighted by molar-refractivity contribution is 0.0696. The van der Waals surface area contributed by atoms with E-state index in [2.05, 4.69) is 34.5 Å². The number of anilines is 1. The molecular formula is C24H21NO3S. The summed E-state index contributed by atoms with van der Waals surface area (Å²) in [4.78, 5) is 27.0. The van der Waals surface area contributed by atoms with Crippen molar-refractivity contribution >= 4 is 34.9 Å². The molecule has 146 valence electrons. The second kappa shape index (κ2) is 8.45. The first-order valence-electron chi connectivity index (χ1n) is 9.60. The molecule has 0 unspecified atom stereocenters. The zero-order chi connectivity index (χ0) is 20.2. The highest BCUT2D eigenvalue weighted by atomic mass is 32.1. The third kappa shape index (κ3) is 4.30. The fourth-order valence-corrected chi connectivity index (χ4v) is 4.32. The van der Waals surface area contributed by atoms with Crippen molar-refractivity contribution < 1.29 is 14.7 Å². The van der Waals surface area contributed by atoms with E-state index in [0.717, 1.165) is 18.7 Å². The molecule has 0 radical (unpaired) electrons. The summed E-state index contributed by atoms with van der Waals surface area (Å²) in [5, 5.41) is 11.0. The lowest BCUT2D eigenvalue weighted by Crippen LogP contribution is -2.18. The quantitative estimate of drug-likeness (QED) is 0.429. The average molecular weight is 404 g/mol. The van der Waals surface area contributed by atoms with E-state index < -0.39 is 5.97 Å². The second-order valence-corrected chi connectivity index (χ2v) is 7.98. The summed E-state index contributed by atoms with van der Waals surface area (Å²) in [5.74, 6) is -1.15. The summed E-state index contributed by atoms with van der Waals surface area (Å²) in [5.41, 5.74) is 4.05. The molecule has 5 heteroatoms. The molecule has 0 aliphatic carbocycles. The molecule has 2 aromatic carbocycles. The van der Waals surface area contributed by atoms with Crippen LogP contribution in [0.1, 0.15) is 39.1 Å². The molecule has 2 heterocycles. The number of thiophene rings is 1. The Kier molecular flexibility index (Phi) is 5.58. The van der Waals surface area contributed by atoms with E-state index in [1.165, 1.54) is 41.1 Å². The number of nitrogens with zero attached hydrogens (tertiary/aromatic N) is 1. The normalized spacial score (nSPS) is 13.9. The maximum absolute atomic E-state index is 12.4. The largest absolute Gasteiger partial charge is 0.478 e. The number of hydrogen-bond acceptors (Lipinski definition) is 4. The van der Waals surface area contributed by atoms with Crippen molar-refractivity contribution in [2.45, 2.75) is 12.8 Å². The van der Waals surface area contributed by atoms with Gasteiger partial charge in [0.15, 0.2) is 5.78 Å². The van der Waals surface area contributed by atoms with Crippen LogP contribution >= 0.6 is 11.3 Å². The summed E-state index contributed by atoms with van der Waals surface area (Å²) < 4.78 is 0. The first kappa shape index (κ1) is 19.2. The molecule has 1 aromatic heterocycles. The van der Waals surface area contributed by atoms with E-state index in [0.29, 0.717) is 5.56 Å². The number of allylic oxidation sites excluding steroid dienone is 1. The Bertz CT molecular complexity index is 1050. The van der Waals surface area contributed by atoms with Crippen molar-refractivity contribution in [3.8, 4) is 10.4 Å². The molecule has 0 atom stereocenters. The van der Waals surface area contributed by atoms with Crippen molar-refractivity contribution in [2.24, 2.45) is 0 Å². The number of carboxylic acid groups (broad SMARTS) is 1. The van der Waals surface area contributed by atoms with Crippen LogP contribution in [0.5, 0.6) is 0 Å². The number of hydrogen-bond donors (Lipinski definition) is 1. The molecule has 0 saturated carbocycles. The van der Waals surface area contributed by atoms with Gasteiger partial charge in [-0.05, 0) is 60.2 Å². The van der Waals surface area contributed by atoms with E-state index in [1.54, 1.807) is 29.5 Å². The number of carbonyl (C=O) groups excluding carboxylic acids is 1. The van der Waals surface area contributed by atoms with Crippen LogP contribution in [0, 0.1) is 0 Å². The van der Waals surface area contributed by atoms with Crippen LogP contribution < -0.4 is 4.90 Å². The highest BCUT2D eigenvalue weighted by Gasteiger charge is 2.17. The van der Waals surface area contributed by atoms with E-state index in [9.17, 15) is 9.59 Å². The summed E-state index contributed by atoms with van der Waals surface area (Å²) in [7, 11) is 0. The highest BCUT2D eigenvalue weighted by Crippen LogP contribution is 2.36. The summed E-state index contributed by atoms with van der Waals surface area (Å²) in [6.07, 6.45) is 5.80. The smallest absolute Gasteiger partial charge is 0.335 e. The van der Waals surface area contributed by atoms with Crippen LogP contribution in [0.15, 0.2) is 66.1 Å². The maximum atomic E-state index is 12.4. The molecule has 4 rings (SSSR count). The maximum Gasteiger partial charge on any atom is 0.335 e. The van der Waals surface area contributed by atoms with Gasteiger partial charge in [-0.1, -0.05) is 30.3 Å². The van der Waals surface area contributed by atoms with Crippen molar-refractivity contribution in [1.29, 1.82) is 0 Å². The molecule has 1 saturated heterocycles. The van der Waals surface area contributed by atoms with Gasteiger partial charge in [-0.2, -0.15) is 0 Å². The third-order valence-corrected chi connectivity index (χ3v) is 6.00. The highest BCUT2D eigenvalue weighted by molar-refractivity contribution is 7.13. The molecule has 0 bridgehead atoms. The minimum Gasteiger partial charge on any atom is -0.478 e. The SMILES string of the molecule is O=C(O)c1ccc(C(=O)/C=C/c2ccc(N3CCCC3)c(-c3cccs3)c2)cc1. The second-order valence-electron chi connectivity index (χ2n) is 7.03. The topological polar surface area (TPSA) is 57.6 Å². The zero-order valence-electron chi connectivity index (χ0n) is 15.9. The van der Waals surface area contributed by atoms with Crippen molar-refractivity contribution in [3.05, 3.63) is 82.7 Å². The fraction of sp³-hybridized carbons (Fsp3) is 0.167. The van der Waals surface area contributed by atoms with Gasteiger partial charge < -0.3 is 10.0 Å². The molecule has 0 amide bonds. The minimum atomic E-state index is -1.00. The van der Waals surface area contributed by atoms with Crippen molar-refractivity contribution in [2.75, 3.05) is 18.0 Å². The van der Waals surface area contributed by atoms with Gasteiger partial charge in [0.2, 0.25) is 0 Å². The monoisotopic (exact) mass is 403 g/mol. The molecule has 29 heavy (non-hydrogen) atoms. The molecule has 1 N–H and O–H groups in total. The molecule has 1 fully saturated rings. The predicted octanol–water partition coefficient (Wildman–Crippen LogP) is 5.61. The standard InChI is InChI=1S/C24H21NO3S/c26-22(18-7-9-19(10-8-18)24(27)28)12-6-17-5-11-21(25-13-1-2-14-25)20(16-17)23-4-3-15-29-23/h3-12,15-16H,1-2,13-14H2,(H,27,28)/b12-6+. The van der Waals surface area contributed by atoms with Gasteiger partial charge in [-0.15, -0.1) is 11.3 Å². The van der Waals surface area contributed by atoms with E-state index >= 15 is 0 Å². The van der Waals surface area contributed by atoms with Gasteiger partial charge in [0.1, 0.15) is 0 Å². The fourth-order valence-electron chi connectivity index (χ4n) is 3.57. The molecule has 1 aliphatic heterocycles. The Morgan fingerprint density at radius 3 is 2.34 bits per heavy atom. The molecule has 4 nitrogen and oxygen atoms in total. The Balaban J connectivity index is 1.59. The Morgan fingerprint density at radius 1 is 0.966 bits per heavy atom. The van der Waals surface area contributed by atoms with Crippen LogP contribution in [0.4, 0.5) is 5.69 Å². The molecule has 3 aromatic rings. The Labute approximate surface area is 173 Å².